The maximum atomic E-state index is 12.5. The molecule has 0 unspecified atom stereocenters. The second-order valence-corrected chi connectivity index (χ2v) is 7.10. The van der Waals surface area contributed by atoms with Gasteiger partial charge in [0.1, 0.15) is 16.4 Å². The number of hydrogen-bond acceptors (Lipinski definition) is 7. The van der Waals surface area contributed by atoms with Gasteiger partial charge in [0.05, 0.1) is 18.6 Å². The summed E-state index contributed by atoms with van der Waals surface area (Å²) >= 11 is 0.967. The highest BCUT2D eigenvalue weighted by Gasteiger charge is 2.34. The molecule has 2 aromatic carbocycles. The van der Waals surface area contributed by atoms with Crippen molar-refractivity contribution in [2.75, 3.05) is 13.7 Å². The zero-order valence-electron chi connectivity index (χ0n) is 16.3. The van der Waals surface area contributed by atoms with Crippen molar-refractivity contribution in [3.05, 3.63) is 75.9 Å². The average Bonchev–Trinajstić information content (AvgIpc) is 3.03. The van der Waals surface area contributed by atoms with Gasteiger partial charge in [0, 0.05) is 5.56 Å². The smallest absolute Gasteiger partial charge is 0.344 e. The summed E-state index contributed by atoms with van der Waals surface area (Å²) in [4.78, 5) is 29.2. The number of aliphatic hydroxyl groups excluding tert-OH is 1. The Morgan fingerprint density at radius 2 is 1.87 bits per heavy atom. The molecule has 0 fully saturated rings. The van der Waals surface area contributed by atoms with Gasteiger partial charge in [-0.15, -0.1) is 0 Å². The number of esters is 1. The Kier molecular flexibility index (Phi) is 6.58. The van der Waals surface area contributed by atoms with Gasteiger partial charge in [-0.25, -0.2) is 9.79 Å². The summed E-state index contributed by atoms with van der Waals surface area (Å²) in [6, 6.07) is 13.1. The summed E-state index contributed by atoms with van der Waals surface area (Å²) in [5.74, 6) is -1.43. The highest BCUT2D eigenvalue weighted by atomic mass is 32.2. The van der Waals surface area contributed by atoms with Gasteiger partial charge < -0.3 is 19.7 Å². The maximum absolute atomic E-state index is 12.5. The average molecular weight is 425 g/mol. The lowest BCUT2D eigenvalue weighted by Crippen LogP contribution is -2.14. The Hall–Kier alpha value is -3.52. The molecule has 154 valence electrons. The molecule has 8 heteroatoms. The van der Waals surface area contributed by atoms with Crippen molar-refractivity contribution in [3.63, 3.8) is 0 Å². The van der Waals surface area contributed by atoms with Crippen molar-refractivity contribution in [2.24, 2.45) is 4.99 Å². The summed E-state index contributed by atoms with van der Waals surface area (Å²) < 4.78 is 10.0. The van der Waals surface area contributed by atoms with Gasteiger partial charge in [-0.2, -0.15) is 0 Å². The van der Waals surface area contributed by atoms with E-state index >= 15 is 0 Å². The van der Waals surface area contributed by atoms with Crippen molar-refractivity contribution >= 4 is 34.8 Å². The van der Waals surface area contributed by atoms with Crippen LogP contribution in [0.5, 0.6) is 11.5 Å². The summed E-state index contributed by atoms with van der Waals surface area (Å²) in [5, 5.41) is 20.6. The third-order valence-corrected chi connectivity index (χ3v) is 5.11. The summed E-state index contributed by atoms with van der Waals surface area (Å²) in [6.07, 6.45) is 1.56. The zero-order chi connectivity index (χ0) is 21.7. The number of aromatic hydroxyl groups is 1. The first-order chi connectivity index (χ1) is 14.4. The van der Waals surface area contributed by atoms with E-state index in [1.807, 2.05) is 0 Å². The summed E-state index contributed by atoms with van der Waals surface area (Å²) in [7, 11) is 1.44. The molecule has 3 rings (SSSR count). The number of nitrogens with zero attached hydrogens (tertiary/aromatic N) is 1. The van der Waals surface area contributed by atoms with Crippen molar-refractivity contribution in [1.82, 2.24) is 0 Å². The number of carbonyl (C=O) groups excluding carboxylic acids is 2. The number of rotatable bonds is 5. The van der Waals surface area contributed by atoms with Crippen LogP contribution in [0.15, 0.2) is 69.8 Å². The molecule has 1 heterocycles. The summed E-state index contributed by atoms with van der Waals surface area (Å²) in [5.41, 5.74) is 0.738. The molecule has 0 atom stereocenters. The molecule has 0 radical (unpaired) electrons. The third kappa shape index (κ3) is 4.55. The van der Waals surface area contributed by atoms with Crippen LogP contribution in [0.2, 0.25) is 0 Å². The van der Waals surface area contributed by atoms with Crippen LogP contribution >= 0.6 is 11.8 Å². The first-order valence-corrected chi connectivity index (χ1v) is 9.82. The fraction of sp³-hybridized carbons (Fsp3) is 0.136. The first kappa shape index (κ1) is 21.2. The number of carbonyl (C=O) groups is 2. The van der Waals surface area contributed by atoms with Gasteiger partial charge in [-0.3, -0.25) is 4.79 Å². The predicted molar refractivity (Wildman–Crippen MR) is 115 cm³/mol. The number of ether oxygens (including phenoxy) is 2. The molecule has 7 nitrogen and oxygen atoms in total. The number of phenols is 1. The van der Waals surface area contributed by atoms with Gasteiger partial charge in [0.25, 0.3) is 5.91 Å². The lowest BCUT2D eigenvalue weighted by atomic mass is 10.1. The van der Waals surface area contributed by atoms with Crippen LogP contribution in [-0.4, -0.2) is 40.8 Å². The molecule has 2 aromatic rings. The van der Waals surface area contributed by atoms with Crippen molar-refractivity contribution in [1.29, 1.82) is 0 Å². The lowest BCUT2D eigenvalue weighted by molar-refractivity contribution is -0.138. The van der Waals surface area contributed by atoms with Crippen LogP contribution in [0.3, 0.4) is 0 Å². The van der Waals surface area contributed by atoms with Crippen LogP contribution in [0.4, 0.5) is 0 Å². The van der Waals surface area contributed by atoms with Gasteiger partial charge in [0.2, 0.25) is 0 Å². The minimum Gasteiger partial charge on any atom is -0.506 e. The van der Waals surface area contributed by atoms with E-state index in [9.17, 15) is 19.8 Å². The van der Waals surface area contributed by atoms with Crippen LogP contribution in [0.1, 0.15) is 22.8 Å². The van der Waals surface area contributed by atoms with Crippen molar-refractivity contribution in [2.45, 2.75) is 6.92 Å². The molecular weight excluding hydrogens is 406 g/mol. The maximum Gasteiger partial charge on any atom is 0.344 e. The van der Waals surface area contributed by atoms with Crippen molar-refractivity contribution in [3.8, 4) is 11.5 Å². The number of benzene rings is 2. The number of aliphatic imine (C=N–C) groups is 1. The van der Waals surface area contributed by atoms with Crippen LogP contribution in [0.25, 0.3) is 6.08 Å². The monoisotopic (exact) mass is 425 g/mol. The van der Waals surface area contributed by atoms with Gasteiger partial charge in [-0.05, 0) is 42.8 Å². The highest BCUT2D eigenvalue weighted by molar-refractivity contribution is 8.18. The van der Waals surface area contributed by atoms with E-state index < -0.39 is 11.9 Å². The number of phenolic OH excluding ortho intramolecular Hbond substituents is 1. The van der Waals surface area contributed by atoms with E-state index in [1.54, 1.807) is 55.5 Å². The molecule has 2 N–H and O–H groups in total. The molecule has 1 aliphatic heterocycles. The molecule has 0 aromatic heterocycles. The Bertz CT molecular complexity index is 1070. The Labute approximate surface area is 177 Å². The highest BCUT2D eigenvalue weighted by Crippen LogP contribution is 2.40. The number of thioether (sulfide) groups is 1. The molecule has 30 heavy (non-hydrogen) atoms. The van der Waals surface area contributed by atoms with Crippen LogP contribution in [-0.2, 0) is 9.53 Å². The van der Waals surface area contributed by atoms with E-state index in [0.29, 0.717) is 21.8 Å². The van der Waals surface area contributed by atoms with Crippen molar-refractivity contribution < 1.29 is 29.3 Å². The lowest BCUT2D eigenvalue weighted by Gasteiger charge is -2.04. The van der Waals surface area contributed by atoms with E-state index in [4.69, 9.17) is 9.47 Å². The Morgan fingerprint density at radius 1 is 1.13 bits per heavy atom. The van der Waals surface area contributed by atoms with E-state index in [-0.39, 0.29) is 28.7 Å². The molecular formula is C22H19NO6S. The second kappa shape index (κ2) is 9.32. The molecule has 1 aliphatic rings. The van der Waals surface area contributed by atoms with E-state index in [0.717, 1.165) is 11.8 Å². The SMILES string of the molecule is CCOC(=O)C1=C(O)/C(=C/c2ccc(OC)c(O)c2)SC1=NC(=O)c1ccccc1. The standard InChI is InChI=1S/C22H19NO6S/c1-3-29-22(27)18-19(25)17(12-13-9-10-16(28-2)15(24)11-13)30-21(18)23-20(26)14-7-5-4-6-8-14/h4-12,24-25H,3H2,1-2H3/b17-12-,23-21?. The van der Waals surface area contributed by atoms with Crippen LogP contribution in [0, 0.1) is 0 Å². The first-order valence-electron chi connectivity index (χ1n) is 9.00. The molecule has 1 amide bonds. The number of methoxy groups -OCH3 is 1. The molecule has 0 saturated carbocycles. The molecule has 0 aliphatic carbocycles. The molecule has 0 spiro atoms. The zero-order valence-corrected chi connectivity index (χ0v) is 17.1. The fourth-order valence-corrected chi connectivity index (χ4v) is 3.69. The van der Waals surface area contributed by atoms with Crippen LogP contribution < -0.4 is 4.74 Å². The fourth-order valence-electron chi connectivity index (χ4n) is 2.68. The van der Waals surface area contributed by atoms with E-state index in [2.05, 4.69) is 4.99 Å². The minimum absolute atomic E-state index is 0.0452. The Balaban J connectivity index is 2.01. The van der Waals surface area contributed by atoms with Gasteiger partial charge in [0.15, 0.2) is 11.5 Å². The second-order valence-electron chi connectivity index (χ2n) is 6.07. The predicted octanol–water partition coefficient (Wildman–Crippen LogP) is 4.10. The summed E-state index contributed by atoms with van der Waals surface area (Å²) in [6.45, 7) is 1.74. The normalized spacial score (nSPS) is 16.2. The number of aliphatic hydroxyl groups is 1. The Morgan fingerprint density at radius 3 is 2.50 bits per heavy atom. The van der Waals surface area contributed by atoms with Gasteiger partial charge >= 0.3 is 5.97 Å². The third-order valence-electron chi connectivity index (χ3n) is 4.09. The minimum atomic E-state index is -0.775. The van der Waals surface area contributed by atoms with Gasteiger partial charge in [-0.1, -0.05) is 36.0 Å². The quantitative estimate of drug-likeness (QED) is 0.695. The largest absolute Gasteiger partial charge is 0.506 e. The molecule has 0 saturated heterocycles. The topological polar surface area (TPSA) is 105 Å². The number of amides is 1. The molecule has 0 bridgehead atoms. The number of hydrogen-bond donors (Lipinski definition) is 2. The van der Waals surface area contributed by atoms with E-state index in [1.165, 1.54) is 13.2 Å².